The van der Waals surface area contributed by atoms with Gasteiger partial charge >= 0.3 is 0 Å². The molecule has 2 rings (SSSR count). The number of methoxy groups -OCH3 is 1. The molecule has 2 N–H and O–H groups in total. The van der Waals surface area contributed by atoms with Crippen LogP contribution in [0.25, 0.3) is 0 Å². The first-order chi connectivity index (χ1) is 10.8. The number of likely N-dealkylation sites (tertiary alicyclic amines) is 1. The number of nitrogens with zero attached hydrogens (tertiary/aromatic N) is 1. The zero-order valence-electron chi connectivity index (χ0n) is 14.3. The van der Waals surface area contributed by atoms with Crippen molar-refractivity contribution in [3.05, 3.63) is 35.4 Å². The summed E-state index contributed by atoms with van der Waals surface area (Å²) in [5, 5.41) is 5.95. The van der Waals surface area contributed by atoms with Crippen molar-refractivity contribution in [3.8, 4) is 0 Å². The summed E-state index contributed by atoms with van der Waals surface area (Å²) in [6.07, 6.45) is 2.64. The molecule has 0 radical (unpaired) electrons. The summed E-state index contributed by atoms with van der Waals surface area (Å²) in [7, 11) is 1.65. The molecule has 0 spiro atoms. The maximum absolute atomic E-state index is 11.7. The first-order valence-electron chi connectivity index (χ1n) is 8.04. The Kier molecular flexibility index (Phi) is 13.0. The standard InChI is InChI=1S/C17H27N3O2.2ClH/c1-22-11-8-18-13-17(21)19-12-15-4-6-16(7-5-15)14-20-9-2-3-10-20;;/h4-7,18H,2-3,8-14H2,1H3,(H,19,21);2*1H. The SMILES string of the molecule is COCCNCC(=O)NCc1ccc(CN2CCCC2)cc1.Cl.Cl. The summed E-state index contributed by atoms with van der Waals surface area (Å²) >= 11 is 0. The molecule has 1 fully saturated rings. The van der Waals surface area contributed by atoms with Gasteiger partial charge in [-0.1, -0.05) is 24.3 Å². The van der Waals surface area contributed by atoms with Crippen molar-refractivity contribution in [1.29, 1.82) is 0 Å². The van der Waals surface area contributed by atoms with Crippen molar-refractivity contribution >= 4 is 30.7 Å². The van der Waals surface area contributed by atoms with Gasteiger partial charge in [0.15, 0.2) is 0 Å². The largest absolute Gasteiger partial charge is 0.383 e. The molecular formula is C17H29Cl2N3O2. The van der Waals surface area contributed by atoms with E-state index in [2.05, 4.69) is 39.8 Å². The van der Waals surface area contributed by atoms with Crippen molar-refractivity contribution in [2.45, 2.75) is 25.9 Å². The third kappa shape index (κ3) is 8.85. The van der Waals surface area contributed by atoms with E-state index >= 15 is 0 Å². The third-order valence-corrected chi connectivity index (χ3v) is 3.89. The van der Waals surface area contributed by atoms with Gasteiger partial charge in [-0.3, -0.25) is 9.69 Å². The molecule has 0 aliphatic carbocycles. The predicted octanol–water partition coefficient (Wildman–Crippen LogP) is 1.98. The first-order valence-corrected chi connectivity index (χ1v) is 8.04. The Bertz CT molecular complexity index is 452. The molecule has 5 nitrogen and oxygen atoms in total. The lowest BCUT2D eigenvalue weighted by molar-refractivity contribution is -0.120. The molecule has 1 aliphatic heterocycles. The van der Waals surface area contributed by atoms with Crippen molar-refractivity contribution in [1.82, 2.24) is 15.5 Å². The highest BCUT2D eigenvalue weighted by Crippen LogP contribution is 2.13. The second kappa shape index (κ2) is 13.4. The van der Waals surface area contributed by atoms with E-state index in [1.165, 1.54) is 31.5 Å². The molecule has 138 valence electrons. The highest BCUT2D eigenvalue weighted by molar-refractivity contribution is 5.85. The first kappa shape index (κ1) is 23.1. The minimum Gasteiger partial charge on any atom is -0.383 e. The molecule has 7 heteroatoms. The maximum Gasteiger partial charge on any atom is 0.234 e. The van der Waals surface area contributed by atoms with Crippen LogP contribution in [0, 0.1) is 0 Å². The minimum absolute atomic E-state index is 0. The summed E-state index contributed by atoms with van der Waals surface area (Å²) in [6, 6.07) is 8.53. The number of ether oxygens (including phenoxy) is 1. The molecule has 1 amide bonds. The molecular weight excluding hydrogens is 349 g/mol. The van der Waals surface area contributed by atoms with E-state index in [9.17, 15) is 4.79 Å². The van der Waals surface area contributed by atoms with Crippen LogP contribution in [-0.2, 0) is 22.6 Å². The number of nitrogens with one attached hydrogen (secondary N) is 2. The van der Waals surface area contributed by atoms with Gasteiger partial charge in [-0.2, -0.15) is 0 Å². The summed E-state index contributed by atoms with van der Waals surface area (Å²) in [5.41, 5.74) is 2.48. The second-order valence-corrected chi connectivity index (χ2v) is 5.75. The Morgan fingerprint density at radius 2 is 1.75 bits per heavy atom. The van der Waals surface area contributed by atoms with E-state index in [4.69, 9.17) is 4.74 Å². The fourth-order valence-electron chi connectivity index (χ4n) is 2.60. The van der Waals surface area contributed by atoms with E-state index in [0.717, 1.165) is 12.1 Å². The molecule has 1 aromatic rings. The topological polar surface area (TPSA) is 53.6 Å². The van der Waals surface area contributed by atoms with Crippen molar-refractivity contribution < 1.29 is 9.53 Å². The lowest BCUT2D eigenvalue weighted by atomic mass is 10.1. The van der Waals surface area contributed by atoms with Gasteiger partial charge in [0.05, 0.1) is 13.2 Å². The average molecular weight is 378 g/mol. The van der Waals surface area contributed by atoms with Crippen LogP contribution in [0.2, 0.25) is 0 Å². The molecule has 1 heterocycles. The number of rotatable bonds is 9. The average Bonchev–Trinajstić information content (AvgIpc) is 3.04. The van der Waals surface area contributed by atoms with E-state index in [1.807, 2.05) is 0 Å². The van der Waals surface area contributed by atoms with Gasteiger partial charge in [0.2, 0.25) is 5.91 Å². The monoisotopic (exact) mass is 377 g/mol. The molecule has 0 aromatic heterocycles. The van der Waals surface area contributed by atoms with Crippen LogP contribution in [0.5, 0.6) is 0 Å². The number of amides is 1. The maximum atomic E-state index is 11.7. The van der Waals surface area contributed by atoms with Gasteiger partial charge in [0, 0.05) is 26.7 Å². The summed E-state index contributed by atoms with van der Waals surface area (Å²) in [5.74, 6) is 0.0113. The Labute approximate surface area is 157 Å². The summed E-state index contributed by atoms with van der Waals surface area (Å²) < 4.78 is 4.91. The normalized spacial score (nSPS) is 13.9. The minimum atomic E-state index is 0. The number of carbonyl (C=O) groups excluding carboxylic acids is 1. The summed E-state index contributed by atoms with van der Waals surface area (Å²) in [4.78, 5) is 14.1. The lowest BCUT2D eigenvalue weighted by Gasteiger charge is -2.14. The van der Waals surface area contributed by atoms with E-state index in [0.29, 0.717) is 26.2 Å². The molecule has 1 aliphatic rings. The molecule has 0 unspecified atom stereocenters. The molecule has 0 saturated carbocycles. The smallest absolute Gasteiger partial charge is 0.234 e. The molecule has 0 atom stereocenters. The van der Waals surface area contributed by atoms with E-state index in [1.54, 1.807) is 7.11 Å². The fraction of sp³-hybridized carbons (Fsp3) is 0.588. The number of carbonyl (C=O) groups is 1. The van der Waals surface area contributed by atoms with Crippen molar-refractivity contribution in [2.75, 3.05) is 39.9 Å². The Balaban J connectivity index is 0.00000264. The second-order valence-electron chi connectivity index (χ2n) is 5.75. The number of hydrogen-bond acceptors (Lipinski definition) is 4. The van der Waals surface area contributed by atoms with E-state index < -0.39 is 0 Å². The van der Waals surface area contributed by atoms with Crippen LogP contribution >= 0.6 is 24.8 Å². The Morgan fingerprint density at radius 1 is 1.12 bits per heavy atom. The quantitative estimate of drug-likeness (QED) is 0.646. The highest BCUT2D eigenvalue weighted by atomic mass is 35.5. The van der Waals surface area contributed by atoms with Crippen LogP contribution in [0.1, 0.15) is 24.0 Å². The Morgan fingerprint density at radius 3 is 2.38 bits per heavy atom. The number of halogens is 2. The van der Waals surface area contributed by atoms with E-state index in [-0.39, 0.29) is 30.7 Å². The molecule has 1 aromatic carbocycles. The zero-order chi connectivity index (χ0) is 15.6. The lowest BCUT2D eigenvalue weighted by Crippen LogP contribution is -2.34. The number of benzene rings is 1. The molecule has 1 saturated heterocycles. The zero-order valence-corrected chi connectivity index (χ0v) is 15.9. The third-order valence-electron chi connectivity index (χ3n) is 3.89. The van der Waals surface area contributed by atoms with Gasteiger partial charge in [-0.15, -0.1) is 24.8 Å². The van der Waals surface area contributed by atoms with Crippen LogP contribution in [0.3, 0.4) is 0 Å². The van der Waals surface area contributed by atoms with Gasteiger partial charge in [0.25, 0.3) is 0 Å². The predicted molar refractivity (Wildman–Crippen MR) is 102 cm³/mol. The summed E-state index contributed by atoms with van der Waals surface area (Å²) in [6.45, 7) is 5.68. The molecule has 0 bridgehead atoms. The fourth-order valence-corrected chi connectivity index (χ4v) is 2.60. The Hall–Kier alpha value is -0.850. The molecule has 24 heavy (non-hydrogen) atoms. The van der Waals surface area contributed by atoms with Gasteiger partial charge in [0.1, 0.15) is 0 Å². The van der Waals surface area contributed by atoms with Crippen LogP contribution in [0.15, 0.2) is 24.3 Å². The van der Waals surface area contributed by atoms with Crippen LogP contribution in [0.4, 0.5) is 0 Å². The number of hydrogen-bond donors (Lipinski definition) is 2. The van der Waals surface area contributed by atoms with Gasteiger partial charge in [-0.25, -0.2) is 0 Å². The van der Waals surface area contributed by atoms with Crippen molar-refractivity contribution in [3.63, 3.8) is 0 Å². The van der Waals surface area contributed by atoms with Crippen LogP contribution < -0.4 is 10.6 Å². The van der Waals surface area contributed by atoms with Crippen LogP contribution in [-0.4, -0.2) is 50.7 Å². The van der Waals surface area contributed by atoms with Crippen molar-refractivity contribution in [2.24, 2.45) is 0 Å². The van der Waals surface area contributed by atoms with Gasteiger partial charge < -0.3 is 15.4 Å². The van der Waals surface area contributed by atoms with Gasteiger partial charge in [-0.05, 0) is 37.1 Å². The highest BCUT2D eigenvalue weighted by Gasteiger charge is 2.11.